The zero-order chi connectivity index (χ0) is 9.52. The van der Waals surface area contributed by atoms with Crippen molar-refractivity contribution in [2.75, 3.05) is 6.54 Å². The van der Waals surface area contributed by atoms with Crippen LogP contribution in [-0.4, -0.2) is 12.6 Å². The van der Waals surface area contributed by atoms with Gasteiger partial charge in [0.15, 0.2) is 0 Å². The number of likely N-dealkylation sites (N-methyl/N-ethyl adjacent to an activating group) is 1. The molecule has 0 bridgehead atoms. The Morgan fingerprint density at radius 1 is 1.62 bits per heavy atom. The molecule has 1 nitrogen and oxygen atoms in total. The van der Waals surface area contributed by atoms with Gasteiger partial charge in [-0.15, -0.1) is 6.58 Å². The first kappa shape index (κ1) is 10.5. The second-order valence-corrected chi connectivity index (χ2v) is 3.66. The summed E-state index contributed by atoms with van der Waals surface area (Å²) < 4.78 is 0. The molecule has 0 heterocycles. The first-order chi connectivity index (χ1) is 6.38. The third kappa shape index (κ3) is 3.35. The number of hydrogen-bond donors (Lipinski definition) is 1. The zero-order valence-corrected chi connectivity index (χ0v) is 8.68. The summed E-state index contributed by atoms with van der Waals surface area (Å²) >= 11 is 0. The fraction of sp³-hybridized carbons (Fsp3) is 0.667. The van der Waals surface area contributed by atoms with Crippen molar-refractivity contribution in [2.45, 2.75) is 45.1 Å². The van der Waals surface area contributed by atoms with Crippen LogP contribution in [0.1, 0.15) is 39.0 Å². The Morgan fingerprint density at radius 2 is 2.46 bits per heavy atom. The van der Waals surface area contributed by atoms with Gasteiger partial charge in [-0.25, -0.2) is 0 Å². The van der Waals surface area contributed by atoms with E-state index in [4.69, 9.17) is 0 Å². The van der Waals surface area contributed by atoms with Crippen LogP contribution in [0.5, 0.6) is 0 Å². The number of allylic oxidation sites excluding steroid dienone is 1. The SMILES string of the molecule is C=CCC(NCC)C1=CCCCC1. The summed E-state index contributed by atoms with van der Waals surface area (Å²) in [6, 6.07) is 0.558. The summed E-state index contributed by atoms with van der Waals surface area (Å²) in [7, 11) is 0. The molecule has 0 amide bonds. The van der Waals surface area contributed by atoms with E-state index in [1.54, 1.807) is 5.57 Å². The molecule has 0 aromatic heterocycles. The molecule has 0 radical (unpaired) electrons. The van der Waals surface area contributed by atoms with E-state index in [-0.39, 0.29) is 0 Å². The molecule has 0 fully saturated rings. The van der Waals surface area contributed by atoms with Crippen molar-refractivity contribution in [3.05, 3.63) is 24.3 Å². The Morgan fingerprint density at radius 3 is 3.00 bits per heavy atom. The monoisotopic (exact) mass is 179 g/mol. The van der Waals surface area contributed by atoms with Gasteiger partial charge in [0.05, 0.1) is 0 Å². The Kier molecular flexibility index (Phi) is 4.84. The number of hydrogen-bond acceptors (Lipinski definition) is 1. The van der Waals surface area contributed by atoms with Gasteiger partial charge in [-0.05, 0) is 38.6 Å². The van der Waals surface area contributed by atoms with Gasteiger partial charge in [0.2, 0.25) is 0 Å². The molecule has 1 unspecified atom stereocenters. The Labute approximate surface area is 81.9 Å². The van der Waals surface area contributed by atoms with Crippen LogP contribution in [0.4, 0.5) is 0 Å². The van der Waals surface area contributed by atoms with Gasteiger partial charge in [-0.3, -0.25) is 0 Å². The van der Waals surface area contributed by atoms with Crippen molar-refractivity contribution >= 4 is 0 Å². The molecule has 13 heavy (non-hydrogen) atoms. The largest absolute Gasteiger partial charge is 0.310 e. The minimum absolute atomic E-state index is 0.558. The molecule has 0 saturated carbocycles. The van der Waals surface area contributed by atoms with Crippen LogP contribution in [0.2, 0.25) is 0 Å². The van der Waals surface area contributed by atoms with Crippen molar-refractivity contribution in [3.63, 3.8) is 0 Å². The highest BCUT2D eigenvalue weighted by molar-refractivity contribution is 5.14. The fourth-order valence-corrected chi connectivity index (χ4v) is 1.96. The maximum atomic E-state index is 3.81. The minimum atomic E-state index is 0.558. The molecule has 1 aliphatic carbocycles. The van der Waals surface area contributed by atoms with Gasteiger partial charge in [-0.1, -0.05) is 24.6 Å². The molecular formula is C12H21N. The lowest BCUT2D eigenvalue weighted by atomic mass is 9.92. The van der Waals surface area contributed by atoms with E-state index in [2.05, 4.69) is 24.9 Å². The molecule has 1 heteroatoms. The lowest BCUT2D eigenvalue weighted by Gasteiger charge is -2.22. The third-order valence-corrected chi connectivity index (χ3v) is 2.63. The molecule has 0 aliphatic heterocycles. The second-order valence-electron chi connectivity index (χ2n) is 3.66. The highest BCUT2D eigenvalue weighted by Crippen LogP contribution is 2.21. The van der Waals surface area contributed by atoms with E-state index in [0.717, 1.165) is 13.0 Å². The fourth-order valence-electron chi connectivity index (χ4n) is 1.96. The predicted molar refractivity (Wildman–Crippen MR) is 58.8 cm³/mol. The summed E-state index contributed by atoms with van der Waals surface area (Å²) in [5.41, 5.74) is 1.60. The normalized spacial score (nSPS) is 19.3. The average molecular weight is 179 g/mol. The van der Waals surface area contributed by atoms with Crippen molar-refractivity contribution in [3.8, 4) is 0 Å². The number of rotatable bonds is 5. The van der Waals surface area contributed by atoms with Crippen LogP contribution in [0, 0.1) is 0 Å². The molecular weight excluding hydrogens is 158 g/mol. The van der Waals surface area contributed by atoms with Crippen molar-refractivity contribution in [2.24, 2.45) is 0 Å². The molecule has 0 aromatic carbocycles. The van der Waals surface area contributed by atoms with Crippen molar-refractivity contribution in [1.29, 1.82) is 0 Å². The highest BCUT2D eigenvalue weighted by atomic mass is 14.9. The predicted octanol–water partition coefficient (Wildman–Crippen LogP) is 3.04. The van der Waals surface area contributed by atoms with Gasteiger partial charge in [-0.2, -0.15) is 0 Å². The van der Waals surface area contributed by atoms with E-state index in [1.165, 1.54) is 25.7 Å². The molecule has 74 valence electrons. The Balaban J connectivity index is 2.50. The maximum Gasteiger partial charge on any atom is 0.0313 e. The van der Waals surface area contributed by atoms with Crippen LogP contribution in [0.3, 0.4) is 0 Å². The lowest BCUT2D eigenvalue weighted by Crippen LogP contribution is -2.30. The molecule has 1 N–H and O–H groups in total. The smallest absolute Gasteiger partial charge is 0.0313 e. The highest BCUT2D eigenvalue weighted by Gasteiger charge is 2.13. The summed E-state index contributed by atoms with van der Waals surface area (Å²) in [6.45, 7) is 7.03. The van der Waals surface area contributed by atoms with Crippen LogP contribution < -0.4 is 5.32 Å². The van der Waals surface area contributed by atoms with E-state index >= 15 is 0 Å². The molecule has 0 aromatic rings. The van der Waals surface area contributed by atoms with E-state index < -0.39 is 0 Å². The average Bonchev–Trinajstić information content (AvgIpc) is 2.19. The van der Waals surface area contributed by atoms with Crippen LogP contribution in [0.25, 0.3) is 0 Å². The molecule has 1 aliphatic rings. The summed E-state index contributed by atoms with van der Waals surface area (Å²) in [4.78, 5) is 0. The van der Waals surface area contributed by atoms with Gasteiger partial charge in [0.25, 0.3) is 0 Å². The topological polar surface area (TPSA) is 12.0 Å². The quantitative estimate of drug-likeness (QED) is 0.640. The zero-order valence-electron chi connectivity index (χ0n) is 8.68. The van der Waals surface area contributed by atoms with Crippen LogP contribution in [-0.2, 0) is 0 Å². The Hall–Kier alpha value is -0.560. The van der Waals surface area contributed by atoms with Crippen molar-refractivity contribution in [1.82, 2.24) is 5.32 Å². The van der Waals surface area contributed by atoms with Crippen molar-refractivity contribution < 1.29 is 0 Å². The van der Waals surface area contributed by atoms with E-state index in [1.807, 2.05) is 6.08 Å². The molecule has 0 saturated heterocycles. The van der Waals surface area contributed by atoms with Crippen LogP contribution >= 0.6 is 0 Å². The van der Waals surface area contributed by atoms with Gasteiger partial charge >= 0.3 is 0 Å². The first-order valence-corrected chi connectivity index (χ1v) is 5.41. The van der Waals surface area contributed by atoms with Gasteiger partial charge in [0.1, 0.15) is 0 Å². The summed E-state index contributed by atoms with van der Waals surface area (Å²) in [5, 5.41) is 3.51. The van der Waals surface area contributed by atoms with E-state index in [9.17, 15) is 0 Å². The van der Waals surface area contributed by atoms with Crippen LogP contribution in [0.15, 0.2) is 24.3 Å². The van der Waals surface area contributed by atoms with Gasteiger partial charge in [0, 0.05) is 6.04 Å². The number of nitrogens with one attached hydrogen (secondary N) is 1. The second kappa shape index (κ2) is 5.98. The molecule has 1 rings (SSSR count). The molecule has 1 atom stereocenters. The summed E-state index contributed by atoms with van der Waals surface area (Å²) in [5.74, 6) is 0. The minimum Gasteiger partial charge on any atom is -0.310 e. The third-order valence-electron chi connectivity index (χ3n) is 2.63. The van der Waals surface area contributed by atoms with Gasteiger partial charge < -0.3 is 5.32 Å². The standard InChI is InChI=1S/C12H21N/c1-3-8-12(13-4-2)11-9-6-5-7-10-11/h3,9,12-13H,1,4-8,10H2,2H3. The first-order valence-electron chi connectivity index (χ1n) is 5.41. The van der Waals surface area contributed by atoms with E-state index in [0.29, 0.717) is 6.04 Å². The Bertz CT molecular complexity index is 182. The summed E-state index contributed by atoms with van der Waals surface area (Å²) in [6.07, 6.45) is 10.8. The molecule has 0 spiro atoms. The lowest BCUT2D eigenvalue weighted by molar-refractivity contribution is 0.548. The maximum absolute atomic E-state index is 3.81.